The van der Waals surface area contributed by atoms with Crippen LogP contribution in [-0.4, -0.2) is 56.7 Å². The molecule has 1 aliphatic heterocycles. The molecule has 0 bridgehead atoms. The van der Waals surface area contributed by atoms with Crippen molar-refractivity contribution >= 4 is 29.2 Å². The van der Waals surface area contributed by atoms with E-state index in [4.69, 9.17) is 15.2 Å². The average molecular weight is 349 g/mol. The van der Waals surface area contributed by atoms with Gasteiger partial charge in [-0.15, -0.1) is 0 Å². The summed E-state index contributed by atoms with van der Waals surface area (Å²) in [6.45, 7) is 4.08. The lowest BCUT2D eigenvalue weighted by Gasteiger charge is -2.42. The monoisotopic (exact) mass is 349 g/mol. The summed E-state index contributed by atoms with van der Waals surface area (Å²) in [5.74, 6) is -1.41. The SMILES string of the molecule is CCOC(=O)CN1C[C@H](C(N)=O)N(CC(=O)OCC)c2ccccc21. The highest BCUT2D eigenvalue weighted by Gasteiger charge is 2.36. The Bertz CT molecular complexity index is 649. The van der Waals surface area contributed by atoms with Crippen LogP contribution in [0.3, 0.4) is 0 Å². The molecule has 0 fully saturated rings. The van der Waals surface area contributed by atoms with E-state index >= 15 is 0 Å². The number of amides is 1. The van der Waals surface area contributed by atoms with Crippen LogP contribution in [0.25, 0.3) is 0 Å². The Morgan fingerprint density at radius 1 is 1.04 bits per heavy atom. The Morgan fingerprint density at radius 2 is 1.60 bits per heavy atom. The van der Waals surface area contributed by atoms with Gasteiger partial charge in [0.25, 0.3) is 0 Å². The van der Waals surface area contributed by atoms with Crippen LogP contribution in [-0.2, 0) is 23.9 Å². The molecule has 0 saturated carbocycles. The maximum absolute atomic E-state index is 12.0. The van der Waals surface area contributed by atoms with Crippen molar-refractivity contribution < 1.29 is 23.9 Å². The highest BCUT2D eigenvalue weighted by atomic mass is 16.5. The Balaban J connectivity index is 2.34. The van der Waals surface area contributed by atoms with E-state index in [1.807, 2.05) is 12.1 Å². The van der Waals surface area contributed by atoms with Gasteiger partial charge in [-0.2, -0.15) is 0 Å². The number of anilines is 2. The minimum atomic E-state index is -0.756. The zero-order valence-corrected chi connectivity index (χ0v) is 14.4. The minimum absolute atomic E-state index is 0.00186. The van der Waals surface area contributed by atoms with Gasteiger partial charge in [0.1, 0.15) is 19.1 Å². The van der Waals surface area contributed by atoms with Crippen molar-refractivity contribution in [2.45, 2.75) is 19.9 Å². The fourth-order valence-electron chi connectivity index (χ4n) is 2.84. The summed E-state index contributed by atoms with van der Waals surface area (Å²) >= 11 is 0. The van der Waals surface area contributed by atoms with E-state index in [1.165, 1.54) is 0 Å². The number of nitrogens with zero attached hydrogens (tertiary/aromatic N) is 2. The van der Waals surface area contributed by atoms with Gasteiger partial charge in [-0.25, -0.2) is 0 Å². The first-order valence-electron chi connectivity index (χ1n) is 8.19. The molecule has 2 N–H and O–H groups in total. The normalized spacial score (nSPS) is 16.2. The molecule has 1 heterocycles. The highest BCUT2D eigenvalue weighted by molar-refractivity contribution is 5.92. The maximum Gasteiger partial charge on any atom is 0.325 e. The smallest absolute Gasteiger partial charge is 0.325 e. The molecule has 1 aromatic carbocycles. The predicted octanol–water partition coefficient (Wildman–Crippen LogP) is 0.293. The van der Waals surface area contributed by atoms with E-state index in [9.17, 15) is 14.4 Å². The van der Waals surface area contributed by atoms with Crippen LogP contribution in [0, 0.1) is 0 Å². The number of primary amides is 1. The second kappa shape index (κ2) is 8.36. The van der Waals surface area contributed by atoms with Crippen molar-refractivity contribution in [1.29, 1.82) is 0 Å². The number of hydrogen-bond acceptors (Lipinski definition) is 7. The molecular formula is C17H23N3O5. The van der Waals surface area contributed by atoms with Crippen LogP contribution in [0.2, 0.25) is 0 Å². The van der Waals surface area contributed by atoms with Gasteiger partial charge in [0.15, 0.2) is 0 Å². The van der Waals surface area contributed by atoms with Crippen molar-refractivity contribution in [2.24, 2.45) is 5.73 Å². The fraction of sp³-hybridized carbons (Fsp3) is 0.471. The molecule has 0 radical (unpaired) electrons. The van der Waals surface area contributed by atoms with Crippen LogP contribution in [0.1, 0.15) is 13.8 Å². The summed E-state index contributed by atoms with van der Waals surface area (Å²) in [4.78, 5) is 39.1. The molecule has 1 aliphatic rings. The molecular weight excluding hydrogens is 326 g/mol. The van der Waals surface area contributed by atoms with Gasteiger partial charge in [0.05, 0.1) is 24.6 Å². The summed E-state index contributed by atoms with van der Waals surface area (Å²) < 4.78 is 9.98. The molecule has 0 aliphatic carbocycles. The van der Waals surface area contributed by atoms with Gasteiger partial charge < -0.3 is 25.0 Å². The van der Waals surface area contributed by atoms with Crippen LogP contribution in [0.4, 0.5) is 11.4 Å². The Labute approximate surface area is 146 Å². The second-order valence-corrected chi connectivity index (χ2v) is 5.53. The van der Waals surface area contributed by atoms with E-state index in [0.717, 1.165) is 5.69 Å². The first-order chi connectivity index (χ1) is 12.0. The molecule has 136 valence electrons. The predicted molar refractivity (Wildman–Crippen MR) is 92.2 cm³/mol. The first-order valence-corrected chi connectivity index (χ1v) is 8.19. The number of carbonyl (C=O) groups excluding carboxylic acids is 3. The molecule has 1 amide bonds. The van der Waals surface area contributed by atoms with Crippen LogP contribution < -0.4 is 15.5 Å². The summed E-state index contributed by atoms with van der Waals surface area (Å²) in [7, 11) is 0. The van der Waals surface area contributed by atoms with E-state index < -0.39 is 17.9 Å². The van der Waals surface area contributed by atoms with E-state index in [0.29, 0.717) is 5.69 Å². The molecule has 2 rings (SSSR count). The van der Waals surface area contributed by atoms with E-state index in [2.05, 4.69) is 0 Å². The van der Waals surface area contributed by atoms with Crippen molar-refractivity contribution in [3.8, 4) is 0 Å². The minimum Gasteiger partial charge on any atom is -0.465 e. The number of rotatable bonds is 7. The summed E-state index contributed by atoms with van der Waals surface area (Å²) in [6.07, 6.45) is 0. The highest BCUT2D eigenvalue weighted by Crippen LogP contribution is 2.35. The van der Waals surface area contributed by atoms with Gasteiger partial charge in [-0.05, 0) is 26.0 Å². The number of hydrogen-bond donors (Lipinski definition) is 1. The molecule has 8 heteroatoms. The van der Waals surface area contributed by atoms with E-state index in [1.54, 1.807) is 35.8 Å². The molecule has 0 aromatic heterocycles. The lowest BCUT2D eigenvalue weighted by molar-refractivity contribution is -0.142. The number of benzene rings is 1. The summed E-state index contributed by atoms with van der Waals surface area (Å²) in [5, 5.41) is 0. The number of ether oxygens (including phenoxy) is 2. The lowest BCUT2D eigenvalue weighted by atomic mass is 10.1. The van der Waals surface area contributed by atoms with Crippen molar-refractivity contribution in [3.05, 3.63) is 24.3 Å². The fourth-order valence-corrected chi connectivity index (χ4v) is 2.84. The lowest BCUT2D eigenvalue weighted by Crippen LogP contribution is -2.57. The molecule has 0 unspecified atom stereocenters. The number of fused-ring (bicyclic) bond motifs is 1. The molecule has 8 nitrogen and oxygen atoms in total. The van der Waals surface area contributed by atoms with Crippen molar-refractivity contribution in [2.75, 3.05) is 42.6 Å². The van der Waals surface area contributed by atoms with Gasteiger partial charge in [-0.3, -0.25) is 14.4 Å². The molecule has 1 atom stereocenters. The van der Waals surface area contributed by atoms with Crippen LogP contribution >= 0.6 is 0 Å². The standard InChI is InChI=1S/C17H23N3O5/c1-3-24-15(21)10-19-9-14(17(18)23)20(11-16(22)25-4-2)13-8-6-5-7-12(13)19/h5-8,14H,3-4,9-11H2,1-2H3,(H2,18,23)/t14-/m1/s1. The molecule has 1 aromatic rings. The van der Waals surface area contributed by atoms with Gasteiger partial charge >= 0.3 is 11.9 Å². The second-order valence-electron chi connectivity index (χ2n) is 5.53. The van der Waals surface area contributed by atoms with E-state index in [-0.39, 0.29) is 38.8 Å². The quantitative estimate of drug-likeness (QED) is 0.706. The first kappa shape index (κ1) is 18.6. The van der Waals surface area contributed by atoms with Gasteiger partial charge in [0, 0.05) is 6.54 Å². The molecule has 0 spiro atoms. The Kier molecular flexibility index (Phi) is 6.21. The number of para-hydroxylation sites is 2. The third kappa shape index (κ3) is 4.40. The van der Waals surface area contributed by atoms with Crippen LogP contribution in [0.15, 0.2) is 24.3 Å². The van der Waals surface area contributed by atoms with Crippen LogP contribution in [0.5, 0.6) is 0 Å². The summed E-state index contributed by atoms with van der Waals surface area (Å²) in [5.41, 5.74) is 6.92. The maximum atomic E-state index is 12.0. The molecule has 0 saturated heterocycles. The Morgan fingerprint density at radius 3 is 2.16 bits per heavy atom. The number of carbonyl (C=O) groups is 3. The average Bonchev–Trinajstić information content (AvgIpc) is 2.57. The largest absolute Gasteiger partial charge is 0.465 e. The molecule has 25 heavy (non-hydrogen) atoms. The van der Waals surface area contributed by atoms with Crippen molar-refractivity contribution in [1.82, 2.24) is 0 Å². The third-order valence-electron chi connectivity index (χ3n) is 3.86. The zero-order valence-electron chi connectivity index (χ0n) is 14.4. The zero-order chi connectivity index (χ0) is 18.4. The van der Waals surface area contributed by atoms with Gasteiger partial charge in [0.2, 0.25) is 5.91 Å². The van der Waals surface area contributed by atoms with Crippen molar-refractivity contribution in [3.63, 3.8) is 0 Å². The third-order valence-corrected chi connectivity index (χ3v) is 3.86. The summed E-state index contributed by atoms with van der Waals surface area (Å²) in [6, 6.07) is 6.47. The number of nitrogens with two attached hydrogens (primary N) is 1. The Hall–Kier alpha value is -2.77. The number of esters is 2. The topological polar surface area (TPSA) is 102 Å². The van der Waals surface area contributed by atoms with Gasteiger partial charge in [-0.1, -0.05) is 12.1 Å².